The van der Waals surface area contributed by atoms with E-state index in [0.29, 0.717) is 13.2 Å². The van der Waals surface area contributed by atoms with Gasteiger partial charge in [0, 0.05) is 39.3 Å². The molecule has 4 rings (SSSR count). The lowest BCUT2D eigenvalue weighted by Gasteiger charge is -2.37. The number of morpholine rings is 1. The second kappa shape index (κ2) is 9.59. The summed E-state index contributed by atoms with van der Waals surface area (Å²) in [7, 11) is 0. The molecule has 1 N–H and O–H groups in total. The summed E-state index contributed by atoms with van der Waals surface area (Å²) in [6, 6.07) is 8.37. The molecule has 3 heterocycles. The summed E-state index contributed by atoms with van der Waals surface area (Å²) in [6.07, 6.45) is 3.33. The zero-order valence-electron chi connectivity index (χ0n) is 17.3. The zero-order chi connectivity index (χ0) is 20.1. The van der Waals surface area contributed by atoms with E-state index in [1.807, 2.05) is 11.0 Å². The molecule has 2 unspecified atom stereocenters. The lowest BCUT2D eigenvalue weighted by Crippen LogP contribution is -2.53. The number of hydrogen-bond acceptors (Lipinski definition) is 4. The molecule has 2 saturated heterocycles. The summed E-state index contributed by atoms with van der Waals surface area (Å²) in [5.41, 5.74) is 2.59. The summed E-state index contributed by atoms with van der Waals surface area (Å²) in [5.74, 6) is 0.878. The Bertz CT molecular complexity index is 733. The Morgan fingerprint density at radius 1 is 1.14 bits per heavy atom. The van der Waals surface area contributed by atoms with Crippen LogP contribution in [0.3, 0.4) is 0 Å². The van der Waals surface area contributed by atoms with Crippen LogP contribution in [0.1, 0.15) is 30.9 Å². The monoisotopic (exact) mass is 400 g/mol. The van der Waals surface area contributed by atoms with E-state index in [-0.39, 0.29) is 24.7 Å². The maximum atomic E-state index is 12.8. The number of nitrogens with zero attached hydrogens (tertiary/aromatic N) is 3. The molecule has 0 spiro atoms. The van der Waals surface area contributed by atoms with Crippen molar-refractivity contribution in [1.29, 1.82) is 0 Å². The third-order valence-corrected chi connectivity index (χ3v) is 5.95. The number of rotatable bonds is 4. The molecular weight excluding hydrogens is 368 g/mol. The number of fused-ring (bicyclic) bond motifs is 1. The summed E-state index contributed by atoms with van der Waals surface area (Å²) >= 11 is 0. The third-order valence-electron chi connectivity index (χ3n) is 5.95. The van der Waals surface area contributed by atoms with Gasteiger partial charge in [0.25, 0.3) is 0 Å². The highest BCUT2D eigenvalue weighted by atomic mass is 16.5. The van der Waals surface area contributed by atoms with Gasteiger partial charge in [-0.1, -0.05) is 24.3 Å². The molecule has 7 nitrogen and oxygen atoms in total. The molecule has 158 valence electrons. The van der Waals surface area contributed by atoms with Crippen LogP contribution in [0.2, 0.25) is 0 Å². The van der Waals surface area contributed by atoms with E-state index in [9.17, 15) is 4.79 Å². The van der Waals surface area contributed by atoms with Gasteiger partial charge in [-0.2, -0.15) is 0 Å². The minimum absolute atomic E-state index is 0.0735. The average Bonchev–Trinajstić information content (AvgIpc) is 3.31. The van der Waals surface area contributed by atoms with Crippen LogP contribution in [0.15, 0.2) is 29.3 Å². The van der Waals surface area contributed by atoms with Crippen LogP contribution in [0.4, 0.5) is 0 Å². The van der Waals surface area contributed by atoms with E-state index < -0.39 is 0 Å². The van der Waals surface area contributed by atoms with Crippen LogP contribution >= 0.6 is 0 Å². The summed E-state index contributed by atoms with van der Waals surface area (Å²) in [5, 5.41) is 3.35. The van der Waals surface area contributed by atoms with Crippen LogP contribution in [0.25, 0.3) is 0 Å². The van der Waals surface area contributed by atoms with Gasteiger partial charge in [0.2, 0.25) is 5.91 Å². The topological polar surface area (TPSA) is 66.4 Å². The smallest absolute Gasteiger partial charge is 0.244 e. The Balaban J connectivity index is 1.37. The minimum atomic E-state index is 0.0735. The lowest BCUT2D eigenvalue weighted by atomic mass is 10.00. The quantitative estimate of drug-likeness (QED) is 0.612. The molecule has 1 aromatic carbocycles. The Morgan fingerprint density at radius 2 is 1.97 bits per heavy atom. The van der Waals surface area contributed by atoms with Gasteiger partial charge in [0.15, 0.2) is 5.96 Å². The Morgan fingerprint density at radius 3 is 2.76 bits per heavy atom. The fraction of sp³-hybridized carbons (Fsp3) is 0.636. The zero-order valence-corrected chi connectivity index (χ0v) is 17.3. The number of amides is 1. The van der Waals surface area contributed by atoms with E-state index in [0.717, 1.165) is 58.0 Å². The first-order valence-electron chi connectivity index (χ1n) is 10.9. The number of hydrogen-bond donors (Lipinski definition) is 1. The highest BCUT2D eigenvalue weighted by Crippen LogP contribution is 2.21. The Labute approximate surface area is 173 Å². The fourth-order valence-corrected chi connectivity index (χ4v) is 4.37. The van der Waals surface area contributed by atoms with Crippen LogP contribution in [0, 0.1) is 0 Å². The predicted octanol–water partition coefficient (Wildman–Crippen LogP) is 1.42. The number of ether oxygens (including phenoxy) is 2. The van der Waals surface area contributed by atoms with Crippen molar-refractivity contribution in [2.24, 2.45) is 4.99 Å². The maximum Gasteiger partial charge on any atom is 0.244 e. The normalized spacial score (nSPS) is 25.1. The van der Waals surface area contributed by atoms with E-state index in [4.69, 9.17) is 9.47 Å². The summed E-state index contributed by atoms with van der Waals surface area (Å²) in [6.45, 7) is 7.45. The van der Waals surface area contributed by atoms with Crippen molar-refractivity contribution < 1.29 is 14.3 Å². The van der Waals surface area contributed by atoms with Gasteiger partial charge >= 0.3 is 0 Å². The SMILES string of the molecule is CCNC(=NCC(=O)N1CCc2ccccc2C1)N1CCOC(C2CCCO2)C1. The molecule has 0 bridgehead atoms. The van der Waals surface area contributed by atoms with Crippen LogP contribution in [-0.2, 0) is 27.2 Å². The van der Waals surface area contributed by atoms with Crippen molar-refractivity contribution in [3.8, 4) is 0 Å². The third kappa shape index (κ3) is 4.90. The van der Waals surface area contributed by atoms with Crippen molar-refractivity contribution in [3.05, 3.63) is 35.4 Å². The molecule has 29 heavy (non-hydrogen) atoms. The van der Waals surface area contributed by atoms with E-state index in [2.05, 4.69) is 40.3 Å². The molecule has 3 aliphatic heterocycles. The number of aliphatic imine (C=N–C) groups is 1. The van der Waals surface area contributed by atoms with Crippen LogP contribution in [0.5, 0.6) is 0 Å². The first-order valence-corrected chi connectivity index (χ1v) is 10.9. The number of benzene rings is 1. The fourth-order valence-electron chi connectivity index (χ4n) is 4.37. The molecule has 0 aliphatic carbocycles. The molecule has 1 amide bonds. The second-order valence-electron chi connectivity index (χ2n) is 7.91. The molecule has 2 atom stereocenters. The second-order valence-corrected chi connectivity index (χ2v) is 7.91. The molecule has 0 saturated carbocycles. The van der Waals surface area contributed by atoms with Crippen molar-refractivity contribution in [2.45, 2.75) is 44.9 Å². The van der Waals surface area contributed by atoms with Crippen molar-refractivity contribution in [2.75, 3.05) is 45.9 Å². The standard InChI is InChI=1S/C22H32N4O3/c1-2-23-22(26-11-13-29-20(16-26)19-8-5-12-28-19)24-14-21(27)25-10-9-17-6-3-4-7-18(17)15-25/h3-4,6-7,19-20H,2,5,8-16H2,1H3,(H,23,24). The molecule has 0 aromatic heterocycles. The van der Waals surface area contributed by atoms with Gasteiger partial charge in [-0.25, -0.2) is 4.99 Å². The summed E-state index contributed by atoms with van der Waals surface area (Å²) < 4.78 is 11.8. The van der Waals surface area contributed by atoms with Gasteiger partial charge in [-0.05, 0) is 37.3 Å². The number of nitrogens with one attached hydrogen (secondary N) is 1. The van der Waals surface area contributed by atoms with Gasteiger partial charge < -0.3 is 24.6 Å². The lowest BCUT2D eigenvalue weighted by molar-refractivity contribution is -0.130. The van der Waals surface area contributed by atoms with Crippen LogP contribution in [-0.4, -0.2) is 79.8 Å². The van der Waals surface area contributed by atoms with Gasteiger partial charge in [0.05, 0.1) is 12.7 Å². The number of carbonyl (C=O) groups excluding carboxylic acids is 1. The average molecular weight is 401 g/mol. The first-order chi connectivity index (χ1) is 14.2. The van der Waals surface area contributed by atoms with Gasteiger partial charge in [-0.3, -0.25) is 4.79 Å². The Kier molecular flexibility index (Phi) is 6.67. The van der Waals surface area contributed by atoms with Crippen molar-refractivity contribution in [3.63, 3.8) is 0 Å². The maximum absolute atomic E-state index is 12.8. The summed E-state index contributed by atoms with van der Waals surface area (Å²) in [4.78, 5) is 21.6. The molecule has 7 heteroatoms. The predicted molar refractivity (Wildman–Crippen MR) is 112 cm³/mol. The van der Waals surface area contributed by atoms with Gasteiger partial charge in [-0.15, -0.1) is 0 Å². The molecule has 0 radical (unpaired) electrons. The molecule has 1 aromatic rings. The van der Waals surface area contributed by atoms with Crippen molar-refractivity contribution in [1.82, 2.24) is 15.1 Å². The Hall–Kier alpha value is -2.12. The van der Waals surface area contributed by atoms with Gasteiger partial charge in [0.1, 0.15) is 12.6 Å². The highest BCUT2D eigenvalue weighted by molar-refractivity contribution is 5.85. The van der Waals surface area contributed by atoms with Crippen LogP contribution < -0.4 is 5.32 Å². The first kappa shape index (κ1) is 20.2. The number of carbonyl (C=O) groups is 1. The van der Waals surface area contributed by atoms with E-state index >= 15 is 0 Å². The minimum Gasteiger partial charge on any atom is -0.375 e. The van der Waals surface area contributed by atoms with E-state index in [1.165, 1.54) is 11.1 Å². The molecule has 3 aliphatic rings. The van der Waals surface area contributed by atoms with E-state index in [1.54, 1.807) is 0 Å². The molecular formula is C22H32N4O3. The largest absolute Gasteiger partial charge is 0.375 e. The molecule has 2 fully saturated rings. The number of guanidine groups is 1. The van der Waals surface area contributed by atoms with Crippen molar-refractivity contribution >= 4 is 11.9 Å². The highest BCUT2D eigenvalue weighted by Gasteiger charge is 2.32.